The summed E-state index contributed by atoms with van der Waals surface area (Å²) in [7, 11) is 1.90. The molecule has 0 spiro atoms. The van der Waals surface area contributed by atoms with Crippen LogP contribution < -0.4 is 5.32 Å². The molecule has 1 atom stereocenters. The molecule has 1 aliphatic heterocycles. The summed E-state index contributed by atoms with van der Waals surface area (Å²) in [4.78, 5) is 15.4. The van der Waals surface area contributed by atoms with Crippen molar-refractivity contribution in [1.82, 2.24) is 19.9 Å². The van der Waals surface area contributed by atoms with Crippen LogP contribution in [0.1, 0.15) is 23.2 Å². The summed E-state index contributed by atoms with van der Waals surface area (Å²) in [6.45, 7) is 5.21. The minimum Gasteiger partial charge on any atom is -0.373 e. The molecule has 116 valence electrons. The van der Waals surface area contributed by atoms with Crippen molar-refractivity contribution in [3.8, 4) is 0 Å². The Kier molecular flexibility index (Phi) is 4.60. The van der Waals surface area contributed by atoms with Crippen molar-refractivity contribution in [2.45, 2.75) is 19.6 Å². The molecule has 1 saturated heterocycles. The van der Waals surface area contributed by atoms with E-state index in [9.17, 15) is 0 Å². The zero-order valence-electron chi connectivity index (χ0n) is 13.0. The molecule has 2 aromatic rings. The zero-order chi connectivity index (χ0) is 15.4. The Hall–Kier alpha value is -2.05. The number of ether oxygens (including phenoxy) is 1. The first-order valence-electron chi connectivity index (χ1n) is 7.51. The zero-order valence-corrected chi connectivity index (χ0v) is 13.0. The van der Waals surface area contributed by atoms with Crippen LogP contribution in [0.2, 0.25) is 0 Å². The summed E-state index contributed by atoms with van der Waals surface area (Å²) >= 11 is 0. The van der Waals surface area contributed by atoms with E-state index in [1.54, 1.807) is 12.4 Å². The number of nitrogens with one attached hydrogen (secondary N) is 1. The lowest BCUT2D eigenvalue weighted by Crippen LogP contribution is -2.38. The van der Waals surface area contributed by atoms with E-state index in [4.69, 9.17) is 4.74 Å². The second-order valence-electron chi connectivity index (χ2n) is 5.38. The molecular formula is C16H21N5O. The molecule has 22 heavy (non-hydrogen) atoms. The summed E-state index contributed by atoms with van der Waals surface area (Å²) in [6, 6.07) is 6.02. The maximum atomic E-state index is 5.88. The van der Waals surface area contributed by atoms with Crippen molar-refractivity contribution in [3.05, 3.63) is 47.7 Å². The second-order valence-corrected chi connectivity index (χ2v) is 5.38. The highest BCUT2D eigenvalue weighted by molar-refractivity contribution is 5.42. The van der Waals surface area contributed by atoms with Gasteiger partial charge in [-0.1, -0.05) is 6.07 Å². The summed E-state index contributed by atoms with van der Waals surface area (Å²) in [6.07, 6.45) is 3.60. The van der Waals surface area contributed by atoms with E-state index < -0.39 is 0 Å². The van der Waals surface area contributed by atoms with Gasteiger partial charge in [0, 0.05) is 44.6 Å². The third-order valence-corrected chi connectivity index (χ3v) is 3.80. The van der Waals surface area contributed by atoms with Gasteiger partial charge in [0.1, 0.15) is 17.7 Å². The smallest absolute Gasteiger partial charge is 0.130 e. The van der Waals surface area contributed by atoms with Gasteiger partial charge in [-0.25, -0.2) is 15.0 Å². The molecule has 0 saturated carbocycles. The average Bonchev–Trinajstić information content (AvgIpc) is 2.56. The lowest BCUT2D eigenvalue weighted by Gasteiger charge is -2.32. The standard InChI is InChI=1S/C16H21N5O/c1-12-18-7-5-14(20-12)15-11-21(8-9-22-15)10-13-4-3-6-19-16(13)17-2/h3-7,15H,8-11H2,1-2H3,(H,17,19)/t15-/m1/s1. The number of aryl methyl sites for hydroxylation is 1. The predicted octanol–water partition coefficient (Wildman–Crippen LogP) is 1.80. The van der Waals surface area contributed by atoms with Gasteiger partial charge in [0.15, 0.2) is 0 Å². The van der Waals surface area contributed by atoms with Gasteiger partial charge in [0.2, 0.25) is 0 Å². The topological polar surface area (TPSA) is 63.2 Å². The van der Waals surface area contributed by atoms with E-state index in [1.165, 1.54) is 5.56 Å². The molecule has 0 amide bonds. The monoisotopic (exact) mass is 299 g/mol. The molecule has 0 unspecified atom stereocenters. The lowest BCUT2D eigenvalue weighted by atomic mass is 10.1. The molecule has 0 bridgehead atoms. The highest BCUT2D eigenvalue weighted by Crippen LogP contribution is 2.23. The Balaban J connectivity index is 1.70. The molecule has 6 nitrogen and oxygen atoms in total. The number of hydrogen-bond acceptors (Lipinski definition) is 6. The van der Waals surface area contributed by atoms with Crippen LogP contribution in [0.25, 0.3) is 0 Å². The summed E-state index contributed by atoms with van der Waals surface area (Å²) in [5, 5.41) is 3.15. The van der Waals surface area contributed by atoms with Crippen LogP contribution in [0.4, 0.5) is 5.82 Å². The molecule has 0 radical (unpaired) electrons. The molecule has 2 aromatic heterocycles. The Morgan fingerprint density at radius 3 is 3.05 bits per heavy atom. The number of anilines is 1. The summed E-state index contributed by atoms with van der Waals surface area (Å²) < 4.78 is 5.88. The van der Waals surface area contributed by atoms with Crippen LogP contribution in [0.15, 0.2) is 30.6 Å². The van der Waals surface area contributed by atoms with Crippen molar-refractivity contribution < 1.29 is 4.74 Å². The lowest BCUT2D eigenvalue weighted by molar-refractivity contribution is -0.0350. The molecule has 1 N–H and O–H groups in total. The van der Waals surface area contributed by atoms with Crippen LogP contribution in [-0.2, 0) is 11.3 Å². The SMILES string of the molecule is CNc1ncccc1CN1CCO[C@@H](c2ccnc(C)n2)C1. The van der Waals surface area contributed by atoms with Gasteiger partial charge in [-0.2, -0.15) is 0 Å². The number of nitrogens with zero attached hydrogens (tertiary/aromatic N) is 4. The van der Waals surface area contributed by atoms with Crippen LogP contribution in [0, 0.1) is 6.92 Å². The van der Waals surface area contributed by atoms with Crippen molar-refractivity contribution in [3.63, 3.8) is 0 Å². The van der Waals surface area contributed by atoms with Crippen LogP contribution in [0.3, 0.4) is 0 Å². The van der Waals surface area contributed by atoms with E-state index >= 15 is 0 Å². The Labute approximate surface area is 130 Å². The van der Waals surface area contributed by atoms with Gasteiger partial charge < -0.3 is 10.1 Å². The maximum absolute atomic E-state index is 5.88. The van der Waals surface area contributed by atoms with Crippen LogP contribution >= 0.6 is 0 Å². The van der Waals surface area contributed by atoms with Crippen molar-refractivity contribution >= 4 is 5.82 Å². The molecular weight excluding hydrogens is 278 g/mol. The van der Waals surface area contributed by atoms with Crippen molar-refractivity contribution in [1.29, 1.82) is 0 Å². The number of pyridine rings is 1. The minimum absolute atomic E-state index is 0.00478. The van der Waals surface area contributed by atoms with E-state index in [-0.39, 0.29) is 6.10 Å². The average molecular weight is 299 g/mol. The van der Waals surface area contributed by atoms with E-state index in [0.717, 1.165) is 37.0 Å². The largest absolute Gasteiger partial charge is 0.373 e. The fraction of sp³-hybridized carbons (Fsp3) is 0.438. The van der Waals surface area contributed by atoms with Crippen LogP contribution in [0.5, 0.6) is 0 Å². The third-order valence-electron chi connectivity index (χ3n) is 3.80. The minimum atomic E-state index is 0.00478. The first kappa shape index (κ1) is 14.9. The maximum Gasteiger partial charge on any atom is 0.130 e. The first-order chi connectivity index (χ1) is 10.8. The van der Waals surface area contributed by atoms with Gasteiger partial charge in [-0.15, -0.1) is 0 Å². The van der Waals surface area contributed by atoms with E-state index in [0.29, 0.717) is 6.61 Å². The Morgan fingerprint density at radius 1 is 1.32 bits per heavy atom. The Bertz CT molecular complexity index is 633. The number of morpholine rings is 1. The van der Waals surface area contributed by atoms with Crippen molar-refractivity contribution in [2.24, 2.45) is 0 Å². The normalized spacial score (nSPS) is 19.1. The summed E-state index contributed by atoms with van der Waals surface area (Å²) in [5.41, 5.74) is 2.15. The summed E-state index contributed by atoms with van der Waals surface area (Å²) in [5.74, 6) is 1.71. The van der Waals surface area contributed by atoms with Gasteiger partial charge in [0.05, 0.1) is 12.3 Å². The Morgan fingerprint density at radius 2 is 2.23 bits per heavy atom. The first-order valence-corrected chi connectivity index (χ1v) is 7.51. The molecule has 1 fully saturated rings. The fourth-order valence-electron chi connectivity index (χ4n) is 2.71. The van der Waals surface area contributed by atoms with E-state index in [2.05, 4.69) is 31.2 Å². The van der Waals surface area contributed by atoms with Gasteiger partial charge in [-0.3, -0.25) is 4.90 Å². The van der Waals surface area contributed by atoms with E-state index in [1.807, 2.05) is 26.1 Å². The van der Waals surface area contributed by atoms with Crippen LogP contribution in [-0.4, -0.2) is 46.6 Å². The molecule has 3 rings (SSSR count). The molecule has 1 aliphatic rings. The highest BCUT2D eigenvalue weighted by atomic mass is 16.5. The molecule has 0 aliphatic carbocycles. The number of rotatable bonds is 4. The highest BCUT2D eigenvalue weighted by Gasteiger charge is 2.23. The molecule has 3 heterocycles. The predicted molar refractivity (Wildman–Crippen MR) is 84.5 cm³/mol. The number of hydrogen-bond donors (Lipinski definition) is 1. The second kappa shape index (κ2) is 6.81. The molecule has 6 heteroatoms. The van der Waals surface area contributed by atoms with Gasteiger partial charge in [0.25, 0.3) is 0 Å². The fourth-order valence-corrected chi connectivity index (χ4v) is 2.71. The quantitative estimate of drug-likeness (QED) is 0.929. The van der Waals surface area contributed by atoms with Gasteiger partial charge in [-0.05, 0) is 19.1 Å². The molecule has 0 aromatic carbocycles. The van der Waals surface area contributed by atoms with Gasteiger partial charge >= 0.3 is 0 Å². The van der Waals surface area contributed by atoms with Crippen molar-refractivity contribution in [2.75, 3.05) is 32.1 Å². The third kappa shape index (κ3) is 3.40. The number of aromatic nitrogens is 3.